The van der Waals surface area contributed by atoms with Crippen LogP contribution in [0.1, 0.15) is 56.9 Å². The summed E-state index contributed by atoms with van der Waals surface area (Å²) in [6.07, 6.45) is 2.29. The van der Waals surface area contributed by atoms with E-state index in [0.717, 1.165) is 25.7 Å². The number of alkyl halides is 2. The van der Waals surface area contributed by atoms with Crippen molar-refractivity contribution in [1.82, 2.24) is 4.90 Å². The zero-order valence-corrected chi connectivity index (χ0v) is 17.3. The summed E-state index contributed by atoms with van der Waals surface area (Å²) in [6, 6.07) is 7.15. The van der Waals surface area contributed by atoms with Gasteiger partial charge in [-0.15, -0.1) is 0 Å². The Morgan fingerprint density at radius 2 is 1.90 bits per heavy atom. The molecule has 2 atom stereocenters. The fraction of sp³-hybridized carbons (Fsp3) is 0.619. The quantitative estimate of drug-likeness (QED) is 0.463. The Bertz CT molecular complexity index is 659. The fourth-order valence-corrected chi connectivity index (χ4v) is 4.51. The minimum Gasteiger partial charge on any atom is -0.481 e. The zero-order valence-electron chi connectivity index (χ0n) is 16.4. The summed E-state index contributed by atoms with van der Waals surface area (Å²) in [5.41, 5.74) is -0.207. The van der Waals surface area contributed by atoms with Crippen LogP contribution in [-0.4, -0.2) is 50.8 Å². The minimum atomic E-state index is -3.33. The summed E-state index contributed by atoms with van der Waals surface area (Å²) in [5, 5.41) is 18.7. The highest BCUT2D eigenvalue weighted by Gasteiger charge is 2.40. The lowest BCUT2D eigenvalue weighted by molar-refractivity contribution is -0.137. The predicted molar refractivity (Wildman–Crippen MR) is 109 cm³/mol. The van der Waals surface area contributed by atoms with Crippen LogP contribution in [0.4, 0.5) is 13.6 Å². The molecule has 2 rings (SSSR count). The van der Waals surface area contributed by atoms with Gasteiger partial charge >= 0.3 is 5.97 Å². The number of halogens is 2. The van der Waals surface area contributed by atoms with Crippen molar-refractivity contribution in [3.8, 4) is 0 Å². The van der Waals surface area contributed by atoms with Crippen LogP contribution in [0.3, 0.4) is 0 Å². The SMILES string of the molecule is O=C(O)CCCCCCN1C(=O)SCCC1CC[C@@H](O)C(F)(F)c1ccccc1. The summed E-state index contributed by atoms with van der Waals surface area (Å²) >= 11 is 1.24. The third kappa shape index (κ3) is 7.26. The normalized spacial score (nSPS) is 18.7. The lowest BCUT2D eigenvalue weighted by atomic mass is 9.96. The number of nitrogens with zero attached hydrogens (tertiary/aromatic N) is 1. The van der Waals surface area contributed by atoms with Gasteiger partial charge in [-0.2, -0.15) is 8.78 Å². The van der Waals surface area contributed by atoms with Crippen LogP contribution in [0.25, 0.3) is 0 Å². The summed E-state index contributed by atoms with van der Waals surface area (Å²) in [4.78, 5) is 24.5. The number of carbonyl (C=O) groups excluding carboxylic acids is 1. The molecule has 1 saturated heterocycles. The topological polar surface area (TPSA) is 77.8 Å². The van der Waals surface area contributed by atoms with E-state index in [1.54, 1.807) is 11.0 Å². The fourth-order valence-electron chi connectivity index (χ4n) is 3.54. The molecule has 0 bridgehead atoms. The highest BCUT2D eigenvalue weighted by Crippen LogP contribution is 2.35. The van der Waals surface area contributed by atoms with Crippen LogP contribution in [0.2, 0.25) is 0 Å². The van der Waals surface area contributed by atoms with Crippen molar-refractivity contribution >= 4 is 23.0 Å². The first-order chi connectivity index (χ1) is 13.8. The smallest absolute Gasteiger partial charge is 0.303 e. The molecule has 0 radical (unpaired) electrons. The molecule has 1 amide bonds. The lowest BCUT2D eigenvalue weighted by Gasteiger charge is -2.36. The molecule has 0 spiro atoms. The van der Waals surface area contributed by atoms with Crippen molar-refractivity contribution in [2.75, 3.05) is 12.3 Å². The number of carboxylic acids is 1. The first kappa shape index (κ1) is 23.6. The number of benzene rings is 1. The number of unbranched alkanes of at least 4 members (excludes halogenated alkanes) is 3. The van der Waals surface area contributed by atoms with Gasteiger partial charge in [0.25, 0.3) is 11.2 Å². The molecule has 1 aliphatic heterocycles. The second-order valence-electron chi connectivity index (χ2n) is 7.39. The molecule has 1 unspecified atom stereocenters. The first-order valence-electron chi connectivity index (χ1n) is 10.1. The van der Waals surface area contributed by atoms with E-state index < -0.39 is 18.0 Å². The maximum atomic E-state index is 14.5. The predicted octanol–water partition coefficient (Wildman–Crippen LogP) is 4.88. The number of carboxylic acid groups (broad SMARTS) is 1. The Balaban J connectivity index is 1.83. The van der Waals surface area contributed by atoms with E-state index in [2.05, 4.69) is 0 Å². The molecule has 2 N–H and O–H groups in total. The lowest BCUT2D eigenvalue weighted by Crippen LogP contribution is -2.43. The molecular weight excluding hydrogens is 400 g/mol. The van der Waals surface area contributed by atoms with Crippen LogP contribution in [0, 0.1) is 0 Å². The number of amides is 1. The number of hydrogen-bond acceptors (Lipinski definition) is 4. The van der Waals surface area contributed by atoms with Crippen molar-refractivity contribution in [2.24, 2.45) is 0 Å². The Kier molecular flexibility index (Phi) is 9.36. The van der Waals surface area contributed by atoms with Crippen molar-refractivity contribution in [2.45, 2.75) is 69.4 Å². The van der Waals surface area contributed by atoms with Crippen LogP contribution in [0.5, 0.6) is 0 Å². The van der Waals surface area contributed by atoms with Gasteiger partial charge in [0.2, 0.25) is 0 Å². The number of carbonyl (C=O) groups is 2. The van der Waals surface area contributed by atoms with Gasteiger partial charge in [0, 0.05) is 30.3 Å². The van der Waals surface area contributed by atoms with E-state index >= 15 is 0 Å². The molecule has 1 aromatic carbocycles. The first-order valence-corrected chi connectivity index (χ1v) is 11.1. The van der Waals surface area contributed by atoms with Crippen molar-refractivity contribution in [1.29, 1.82) is 0 Å². The second kappa shape index (κ2) is 11.5. The highest BCUT2D eigenvalue weighted by atomic mass is 32.2. The van der Waals surface area contributed by atoms with Crippen molar-refractivity contribution < 1.29 is 28.6 Å². The van der Waals surface area contributed by atoms with Gasteiger partial charge in [-0.3, -0.25) is 9.59 Å². The number of aliphatic carboxylic acids is 1. The van der Waals surface area contributed by atoms with Crippen LogP contribution in [0.15, 0.2) is 30.3 Å². The summed E-state index contributed by atoms with van der Waals surface area (Å²) in [7, 11) is 0. The molecule has 1 aliphatic rings. The Morgan fingerprint density at radius 3 is 2.59 bits per heavy atom. The van der Waals surface area contributed by atoms with Gasteiger partial charge in [0.1, 0.15) is 6.10 Å². The maximum Gasteiger partial charge on any atom is 0.303 e. The Hall–Kier alpha value is -1.67. The zero-order chi connectivity index (χ0) is 21.3. The number of thioether (sulfide) groups is 1. The molecule has 1 heterocycles. The molecule has 162 valence electrons. The van der Waals surface area contributed by atoms with Gasteiger partial charge in [0.15, 0.2) is 0 Å². The van der Waals surface area contributed by atoms with E-state index in [1.165, 1.54) is 36.0 Å². The van der Waals surface area contributed by atoms with E-state index in [0.29, 0.717) is 25.1 Å². The highest BCUT2D eigenvalue weighted by molar-refractivity contribution is 8.13. The Morgan fingerprint density at radius 1 is 1.21 bits per heavy atom. The third-order valence-electron chi connectivity index (χ3n) is 5.24. The van der Waals surface area contributed by atoms with E-state index in [4.69, 9.17) is 5.11 Å². The number of aliphatic hydroxyl groups is 1. The van der Waals surface area contributed by atoms with E-state index in [9.17, 15) is 23.5 Å². The number of rotatable bonds is 12. The largest absolute Gasteiger partial charge is 0.481 e. The van der Waals surface area contributed by atoms with Crippen molar-refractivity contribution in [3.63, 3.8) is 0 Å². The second-order valence-corrected chi connectivity index (χ2v) is 8.44. The average molecular weight is 430 g/mol. The van der Waals surface area contributed by atoms with Gasteiger partial charge in [-0.25, -0.2) is 0 Å². The van der Waals surface area contributed by atoms with Crippen LogP contribution in [-0.2, 0) is 10.7 Å². The molecule has 0 aliphatic carbocycles. The minimum absolute atomic E-state index is 0.0453. The van der Waals surface area contributed by atoms with E-state index in [-0.39, 0.29) is 29.7 Å². The molecule has 1 fully saturated rings. The molecule has 1 aromatic rings. The molecule has 5 nitrogen and oxygen atoms in total. The van der Waals surface area contributed by atoms with E-state index in [1.807, 2.05) is 0 Å². The molecular formula is C21H29F2NO4S. The summed E-state index contributed by atoms with van der Waals surface area (Å²) in [5.74, 6) is -3.48. The molecule has 29 heavy (non-hydrogen) atoms. The third-order valence-corrected chi connectivity index (χ3v) is 6.16. The number of hydrogen-bond donors (Lipinski definition) is 2. The summed E-state index contributed by atoms with van der Waals surface area (Å²) in [6.45, 7) is 0.536. The maximum absolute atomic E-state index is 14.5. The van der Waals surface area contributed by atoms with Gasteiger partial charge in [-0.1, -0.05) is 54.9 Å². The summed E-state index contributed by atoms with van der Waals surface area (Å²) < 4.78 is 29.0. The molecule has 0 aromatic heterocycles. The van der Waals surface area contributed by atoms with Crippen LogP contribution < -0.4 is 0 Å². The number of aliphatic hydroxyl groups excluding tert-OH is 1. The van der Waals surface area contributed by atoms with Gasteiger partial charge < -0.3 is 15.1 Å². The van der Waals surface area contributed by atoms with Crippen molar-refractivity contribution in [3.05, 3.63) is 35.9 Å². The monoisotopic (exact) mass is 429 g/mol. The Labute approximate surface area is 174 Å². The molecule has 8 heteroatoms. The van der Waals surface area contributed by atoms with Gasteiger partial charge in [0.05, 0.1) is 0 Å². The average Bonchev–Trinajstić information content (AvgIpc) is 2.70. The van der Waals surface area contributed by atoms with Crippen LogP contribution >= 0.6 is 11.8 Å². The molecule has 0 saturated carbocycles. The van der Waals surface area contributed by atoms with Gasteiger partial charge in [-0.05, 0) is 32.1 Å². The standard InChI is InChI=1S/C21H29F2NO4S/c22-21(23,16-8-4-3-5-9-16)18(25)12-11-17-13-15-29-20(28)24(17)14-7-2-1-6-10-19(26)27/h3-5,8-9,17-18,25H,1-2,6-7,10-15H2,(H,26,27)/t17?,18-/m1/s1.